The molecule has 1 saturated carbocycles. The molecule has 1 aliphatic rings. The van der Waals surface area contributed by atoms with E-state index in [1.54, 1.807) is 5.98 Å². The summed E-state index contributed by atoms with van der Waals surface area (Å²) in [4.78, 5) is 0. The first-order chi connectivity index (χ1) is 4.38. The Morgan fingerprint density at radius 3 is 2.44 bits per heavy atom. The van der Waals surface area contributed by atoms with Gasteiger partial charge in [0.05, 0.1) is 0 Å². The van der Waals surface area contributed by atoms with Crippen molar-refractivity contribution in [3.63, 3.8) is 0 Å². The first kappa shape index (κ1) is 7.45. The second kappa shape index (κ2) is 3.50. The van der Waals surface area contributed by atoms with Crippen LogP contribution in [0.3, 0.4) is 0 Å². The number of hydrogen-bond donors (Lipinski definition) is 0. The molecule has 0 amide bonds. The van der Waals surface area contributed by atoms with E-state index in [-0.39, 0.29) is 0 Å². The van der Waals surface area contributed by atoms with Gasteiger partial charge in [-0.25, -0.2) is 0 Å². The van der Waals surface area contributed by atoms with Crippen LogP contribution in [0.15, 0.2) is 21.2 Å². The topological polar surface area (TPSA) is 0 Å². The molecule has 42 valence electrons. The van der Waals surface area contributed by atoms with Crippen molar-refractivity contribution in [2.24, 2.45) is 0 Å². The summed E-state index contributed by atoms with van der Waals surface area (Å²) in [5.74, 6) is 1.75. The summed E-state index contributed by atoms with van der Waals surface area (Å²) in [6.07, 6.45) is 3.73. The monoisotopic (exact) mass is 223 g/mol. The van der Waals surface area contributed by atoms with Crippen LogP contribution in [0, 0.1) is 0 Å². The Morgan fingerprint density at radius 2 is 2.00 bits per heavy atom. The molecule has 4 radical (unpaired) electrons. The van der Waals surface area contributed by atoms with E-state index < -0.39 is 0 Å². The van der Waals surface area contributed by atoms with Crippen molar-refractivity contribution in [3.05, 3.63) is 21.2 Å². The third-order valence-corrected chi connectivity index (χ3v) is 2.67. The van der Waals surface area contributed by atoms with Crippen molar-refractivity contribution in [3.8, 4) is 0 Å². The molecule has 1 fully saturated rings. The van der Waals surface area contributed by atoms with Gasteiger partial charge in [0.2, 0.25) is 0 Å². The number of rotatable bonds is 0. The van der Waals surface area contributed by atoms with E-state index in [1.807, 2.05) is 0 Å². The zero-order valence-corrected chi connectivity index (χ0v) is 8.21. The van der Waals surface area contributed by atoms with E-state index in [2.05, 4.69) is 4.09 Å². The standard InChI is InChI=1S/C7H8B.Sn/c1-6-3-2-4-7(6)5-8;/h1,5H,2-4H2;/q;+1/b6-1?,7-5-;. The molecule has 1 rings (SSSR count). The van der Waals surface area contributed by atoms with Crippen LogP contribution in [0.5, 0.6) is 0 Å². The number of allylic oxidation sites excluding steroid dienone is 2. The van der Waals surface area contributed by atoms with Crippen LogP contribution in [-0.2, 0) is 0 Å². The third-order valence-electron chi connectivity index (χ3n) is 1.68. The molecular formula is C7H8BSn+. The molecule has 0 aromatic carbocycles. The van der Waals surface area contributed by atoms with Gasteiger partial charge in [0.25, 0.3) is 0 Å². The molecule has 0 bridgehead atoms. The summed E-state index contributed by atoms with van der Waals surface area (Å²) >= 11 is 1.49. The van der Waals surface area contributed by atoms with E-state index in [0.29, 0.717) is 0 Å². The van der Waals surface area contributed by atoms with Crippen LogP contribution in [0.1, 0.15) is 19.3 Å². The van der Waals surface area contributed by atoms with E-state index in [4.69, 9.17) is 7.85 Å². The van der Waals surface area contributed by atoms with Gasteiger partial charge in [-0.15, -0.1) is 0 Å². The van der Waals surface area contributed by atoms with Gasteiger partial charge in [0, 0.05) is 0 Å². The zero-order chi connectivity index (χ0) is 6.69. The molecule has 1 aliphatic carbocycles. The van der Waals surface area contributed by atoms with E-state index in [1.165, 1.54) is 52.9 Å². The molecule has 0 nitrogen and oxygen atoms in total. The minimum atomic E-state index is 1.19. The van der Waals surface area contributed by atoms with Crippen LogP contribution < -0.4 is 0 Å². The second-order valence-electron chi connectivity index (χ2n) is 2.22. The van der Waals surface area contributed by atoms with Gasteiger partial charge in [-0.2, -0.15) is 0 Å². The molecule has 2 heteroatoms. The van der Waals surface area contributed by atoms with Gasteiger partial charge >= 0.3 is 70.8 Å². The van der Waals surface area contributed by atoms with Gasteiger partial charge < -0.3 is 0 Å². The fourth-order valence-electron chi connectivity index (χ4n) is 1.15. The molecule has 0 saturated heterocycles. The van der Waals surface area contributed by atoms with E-state index in [0.717, 1.165) is 0 Å². The maximum atomic E-state index is 5.41. The summed E-state index contributed by atoms with van der Waals surface area (Å²) in [5, 5.41) is 0. The van der Waals surface area contributed by atoms with Crippen molar-refractivity contribution < 1.29 is 0 Å². The summed E-state index contributed by atoms with van der Waals surface area (Å²) in [5.41, 5.74) is 2.85. The van der Waals surface area contributed by atoms with Crippen molar-refractivity contribution in [1.82, 2.24) is 0 Å². The average molecular weight is 222 g/mol. The number of hydrogen-bond acceptors (Lipinski definition) is 0. The summed E-state index contributed by atoms with van der Waals surface area (Å²) < 4.78 is 2.25. The molecule has 0 atom stereocenters. The summed E-state index contributed by atoms with van der Waals surface area (Å²) in [7, 11) is 5.41. The molecule has 0 aromatic heterocycles. The average Bonchev–Trinajstić information content (AvgIpc) is 2.33. The Balaban J connectivity index is 2.75. The summed E-state index contributed by atoms with van der Waals surface area (Å²) in [6.45, 7) is 0. The molecule has 0 aliphatic heterocycles. The first-order valence-electron chi connectivity index (χ1n) is 3.16. The van der Waals surface area contributed by atoms with Gasteiger partial charge in [0.1, 0.15) is 0 Å². The van der Waals surface area contributed by atoms with Gasteiger partial charge in [-0.3, -0.25) is 0 Å². The maximum absolute atomic E-state index is 5.41. The van der Waals surface area contributed by atoms with Crippen molar-refractivity contribution in [2.45, 2.75) is 19.3 Å². The van der Waals surface area contributed by atoms with Crippen LogP contribution in [0.25, 0.3) is 0 Å². The second-order valence-corrected chi connectivity index (χ2v) is 3.04. The molecule has 0 heterocycles. The van der Waals surface area contributed by atoms with Crippen LogP contribution >= 0.6 is 0 Å². The predicted octanol–water partition coefficient (Wildman–Crippen LogP) is 1.28. The van der Waals surface area contributed by atoms with Crippen LogP contribution in [0.2, 0.25) is 0 Å². The van der Waals surface area contributed by atoms with Crippen LogP contribution in [-0.4, -0.2) is 30.4 Å². The zero-order valence-electron chi connectivity index (χ0n) is 5.35. The molecule has 0 aromatic rings. The van der Waals surface area contributed by atoms with Gasteiger partial charge in [-0.1, -0.05) is 0 Å². The first-order valence-corrected chi connectivity index (χ1v) is 4.80. The van der Waals surface area contributed by atoms with Crippen molar-refractivity contribution in [1.29, 1.82) is 0 Å². The van der Waals surface area contributed by atoms with Crippen LogP contribution in [0.4, 0.5) is 0 Å². The Bertz CT molecular complexity index is 140. The van der Waals surface area contributed by atoms with Crippen molar-refractivity contribution in [2.75, 3.05) is 0 Å². The Morgan fingerprint density at radius 1 is 1.33 bits per heavy atom. The van der Waals surface area contributed by atoms with Gasteiger partial charge in [0.15, 0.2) is 0 Å². The minimum absolute atomic E-state index is 1.19. The fraction of sp³-hybridized carbons (Fsp3) is 0.429. The normalized spacial score (nSPS) is 28.0. The molecule has 0 unspecified atom stereocenters. The molecule has 0 spiro atoms. The Kier molecular flexibility index (Phi) is 2.89. The predicted molar refractivity (Wildman–Crippen MR) is 41.5 cm³/mol. The third kappa shape index (κ3) is 1.63. The van der Waals surface area contributed by atoms with Gasteiger partial charge in [-0.05, 0) is 0 Å². The molecule has 0 N–H and O–H groups in total. The quantitative estimate of drug-likeness (QED) is 0.541. The fourth-order valence-corrected chi connectivity index (χ4v) is 2.09. The summed E-state index contributed by atoms with van der Waals surface area (Å²) in [6, 6.07) is 0. The molecular weight excluding hydrogens is 214 g/mol. The molecule has 9 heavy (non-hydrogen) atoms. The van der Waals surface area contributed by atoms with Crippen molar-refractivity contribution >= 4 is 30.4 Å². The Hall–Kier alpha value is 0.344. The van der Waals surface area contributed by atoms with E-state index >= 15 is 0 Å². The SMILES string of the molecule is [B]/C=C1/CCC/C1=[CH]/[Sn+]. The Labute approximate surface area is 70.9 Å². The van der Waals surface area contributed by atoms with E-state index in [9.17, 15) is 0 Å².